The Labute approximate surface area is 93.5 Å². The van der Waals surface area contributed by atoms with Crippen LogP contribution < -0.4 is 0 Å². The Morgan fingerprint density at radius 3 is 2.50 bits per heavy atom. The lowest BCUT2D eigenvalue weighted by molar-refractivity contribution is 0.0919. The van der Waals surface area contributed by atoms with Crippen LogP contribution in [0.5, 0.6) is 0 Å². The van der Waals surface area contributed by atoms with E-state index in [1.54, 1.807) is 17.2 Å². The maximum Gasteiger partial charge on any atom is 0.0772 e. The van der Waals surface area contributed by atoms with Crippen LogP contribution in [-0.2, 0) is 6.54 Å². The molecule has 16 heavy (non-hydrogen) atoms. The van der Waals surface area contributed by atoms with Crippen LogP contribution in [0.3, 0.4) is 0 Å². The standard InChI is InChI=1S/C10H14N6/c1-2-11-15(5-1)10-8-14(9-10)6-7-16-12-3-4-13-16/h1-5,10H,6-9H2. The molecule has 1 aliphatic heterocycles. The zero-order valence-electron chi connectivity index (χ0n) is 8.98. The molecule has 0 unspecified atom stereocenters. The number of hydrogen-bond acceptors (Lipinski definition) is 4. The minimum atomic E-state index is 0.542. The first-order valence-corrected chi connectivity index (χ1v) is 5.47. The van der Waals surface area contributed by atoms with Gasteiger partial charge in [0.15, 0.2) is 0 Å². The third-order valence-electron chi connectivity index (χ3n) is 2.92. The second kappa shape index (κ2) is 4.05. The molecule has 3 rings (SSSR count). The Morgan fingerprint density at radius 1 is 1.00 bits per heavy atom. The summed E-state index contributed by atoms with van der Waals surface area (Å²) in [7, 11) is 0. The molecule has 6 nitrogen and oxygen atoms in total. The van der Waals surface area contributed by atoms with E-state index in [0.29, 0.717) is 6.04 Å². The highest BCUT2D eigenvalue weighted by molar-refractivity contribution is 4.89. The van der Waals surface area contributed by atoms with Crippen molar-refractivity contribution in [2.24, 2.45) is 0 Å². The van der Waals surface area contributed by atoms with Crippen molar-refractivity contribution in [1.29, 1.82) is 0 Å². The van der Waals surface area contributed by atoms with Crippen LogP contribution in [0, 0.1) is 0 Å². The molecule has 0 aromatic carbocycles. The molecule has 2 aromatic heterocycles. The van der Waals surface area contributed by atoms with Crippen molar-refractivity contribution in [1.82, 2.24) is 29.7 Å². The van der Waals surface area contributed by atoms with E-state index in [2.05, 4.69) is 20.2 Å². The molecule has 1 fully saturated rings. The normalized spacial score (nSPS) is 17.5. The minimum Gasteiger partial charge on any atom is -0.297 e. The lowest BCUT2D eigenvalue weighted by atomic mass is 10.1. The lowest BCUT2D eigenvalue weighted by Gasteiger charge is -2.38. The monoisotopic (exact) mass is 218 g/mol. The maximum absolute atomic E-state index is 4.24. The fourth-order valence-corrected chi connectivity index (χ4v) is 1.98. The Morgan fingerprint density at radius 2 is 1.81 bits per heavy atom. The third-order valence-corrected chi connectivity index (χ3v) is 2.92. The number of hydrogen-bond donors (Lipinski definition) is 0. The first kappa shape index (κ1) is 9.53. The Balaban J connectivity index is 1.44. The van der Waals surface area contributed by atoms with Gasteiger partial charge >= 0.3 is 0 Å². The Hall–Kier alpha value is -1.69. The van der Waals surface area contributed by atoms with Crippen LogP contribution in [-0.4, -0.2) is 49.3 Å². The van der Waals surface area contributed by atoms with Crippen LogP contribution in [0.2, 0.25) is 0 Å². The average Bonchev–Trinajstić information content (AvgIpc) is 2.85. The van der Waals surface area contributed by atoms with E-state index in [0.717, 1.165) is 26.2 Å². The van der Waals surface area contributed by atoms with Crippen molar-refractivity contribution in [2.75, 3.05) is 19.6 Å². The number of rotatable bonds is 4. The van der Waals surface area contributed by atoms with Crippen LogP contribution in [0.1, 0.15) is 6.04 Å². The lowest BCUT2D eigenvalue weighted by Crippen LogP contribution is -2.48. The van der Waals surface area contributed by atoms with Gasteiger partial charge in [0.25, 0.3) is 0 Å². The smallest absolute Gasteiger partial charge is 0.0772 e. The molecule has 0 bridgehead atoms. The van der Waals surface area contributed by atoms with Gasteiger partial charge in [0.05, 0.1) is 25.0 Å². The maximum atomic E-state index is 4.24. The molecule has 0 saturated carbocycles. The summed E-state index contributed by atoms with van der Waals surface area (Å²) < 4.78 is 2.03. The molecule has 1 saturated heterocycles. The molecular formula is C10H14N6. The van der Waals surface area contributed by atoms with E-state index in [4.69, 9.17) is 0 Å². The fourth-order valence-electron chi connectivity index (χ4n) is 1.98. The molecule has 0 N–H and O–H groups in total. The zero-order chi connectivity index (χ0) is 10.8. The average molecular weight is 218 g/mol. The van der Waals surface area contributed by atoms with Crippen molar-refractivity contribution >= 4 is 0 Å². The van der Waals surface area contributed by atoms with Gasteiger partial charge in [-0.1, -0.05) is 0 Å². The van der Waals surface area contributed by atoms with Gasteiger partial charge in [-0.3, -0.25) is 9.58 Å². The highest BCUT2D eigenvalue weighted by atomic mass is 15.5. The van der Waals surface area contributed by atoms with Crippen molar-refractivity contribution in [3.8, 4) is 0 Å². The molecule has 0 radical (unpaired) electrons. The summed E-state index contributed by atoms with van der Waals surface area (Å²) in [6.45, 7) is 4.01. The summed E-state index contributed by atoms with van der Waals surface area (Å²) in [6, 6.07) is 2.51. The highest BCUT2D eigenvalue weighted by Crippen LogP contribution is 2.19. The third kappa shape index (κ3) is 1.83. The molecule has 1 aliphatic rings. The van der Waals surface area contributed by atoms with E-state index in [1.165, 1.54) is 0 Å². The van der Waals surface area contributed by atoms with Crippen molar-refractivity contribution in [3.05, 3.63) is 30.9 Å². The summed E-state index contributed by atoms with van der Waals surface area (Å²) in [6.07, 6.45) is 7.28. The molecule has 0 atom stereocenters. The highest BCUT2D eigenvalue weighted by Gasteiger charge is 2.27. The SMILES string of the molecule is c1cnn(C2CN(CCn3nccn3)C2)c1. The van der Waals surface area contributed by atoms with Crippen molar-refractivity contribution < 1.29 is 0 Å². The summed E-state index contributed by atoms with van der Waals surface area (Å²) in [5, 5.41) is 12.4. The van der Waals surface area contributed by atoms with Crippen LogP contribution >= 0.6 is 0 Å². The first-order valence-electron chi connectivity index (χ1n) is 5.47. The Bertz CT molecular complexity index is 411. The predicted octanol–water partition coefficient (Wildman–Crippen LogP) is 0.0315. The van der Waals surface area contributed by atoms with Gasteiger partial charge in [-0.2, -0.15) is 20.1 Å². The Kier molecular flexibility index (Phi) is 2.41. The molecule has 0 aliphatic carbocycles. The summed E-state index contributed by atoms with van der Waals surface area (Å²) in [5.41, 5.74) is 0. The van der Waals surface area contributed by atoms with Crippen molar-refractivity contribution in [2.45, 2.75) is 12.6 Å². The number of nitrogens with zero attached hydrogens (tertiary/aromatic N) is 6. The minimum absolute atomic E-state index is 0.542. The predicted molar refractivity (Wildman–Crippen MR) is 57.7 cm³/mol. The van der Waals surface area contributed by atoms with Gasteiger partial charge in [-0.15, -0.1) is 0 Å². The van der Waals surface area contributed by atoms with E-state index in [-0.39, 0.29) is 0 Å². The van der Waals surface area contributed by atoms with E-state index < -0.39 is 0 Å². The van der Waals surface area contributed by atoms with Crippen LogP contribution in [0.25, 0.3) is 0 Å². The molecular weight excluding hydrogens is 204 g/mol. The van der Waals surface area contributed by atoms with Gasteiger partial charge in [0, 0.05) is 32.0 Å². The fraction of sp³-hybridized carbons (Fsp3) is 0.500. The molecule has 3 heterocycles. The second-order valence-electron chi connectivity index (χ2n) is 4.02. The molecule has 0 spiro atoms. The topological polar surface area (TPSA) is 51.8 Å². The molecule has 2 aromatic rings. The van der Waals surface area contributed by atoms with Gasteiger partial charge in [0.1, 0.15) is 0 Å². The second-order valence-corrected chi connectivity index (χ2v) is 4.02. The summed E-state index contributed by atoms with van der Waals surface area (Å²) in [4.78, 5) is 4.11. The van der Waals surface area contributed by atoms with Gasteiger partial charge in [-0.25, -0.2) is 0 Å². The summed E-state index contributed by atoms with van der Waals surface area (Å²) >= 11 is 0. The van der Waals surface area contributed by atoms with E-state index in [1.807, 2.05) is 23.1 Å². The van der Waals surface area contributed by atoms with Gasteiger partial charge in [0.2, 0.25) is 0 Å². The van der Waals surface area contributed by atoms with Crippen molar-refractivity contribution in [3.63, 3.8) is 0 Å². The molecule has 6 heteroatoms. The van der Waals surface area contributed by atoms with Crippen LogP contribution in [0.4, 0.5) is 0 Å². The van der Waals surface area contributed by atoms with E-state index >= 15 is 0 Å². The largest absolute Gasteiger partial charge is 0.297 e. The zero-order valence-corrected chi connectivity index (χ0v) is 8.98. The molecule has 0 amide bonds. The quantitative estimate of drug-likeness (QED) is 0.726. The number of likely N-dealkylation sites (tertiary alicyclic amines) is 1. The molecule has 84 valence electrons. The van der Waals surface area contributed by atoms with E-state index in [9.17, 15) is 0 Å². The number of aromatic nitrogens is 5. The first-order chi connectivity index (χ1) is 7.92. The van der Waals surface area contributed by atoms with Gasteiger partial charge < -0.3 is 0 Å². The van der Waals surface area contributed by atoms with Crippen LogP contribution in [0.15, 0.2) is 30.9 Å². The summed E-state index contributed by atoms with van der Waals surface area (Å²) in [5.74, 6) is 0. The van der Waals surface area contributed by atoms with Gasteiger partial charge in [-0.05, 0) is 6.07 Å².